The summed E-state index contributed by atoms with van der Waals surface area (Å²) in [6.07, 6.45) is 1.51. The smallest absolute Gasteiger partial charge is 0.366 e. The molecule has 0 spiro atoms. The van der Waals surface area contributed by atoms with Crippen molar-refractivity contribution in [3.8, 4) is 5.75 Å². The summed E-state index contributed by atoms with van der Waals surface area (Å²) in [6.45, 7) is 0. The molecular weight excluding hydrogens is 208 g/mol. The molecule has 1 N–H and O–H groups in total. The van der Waals surface area contributed by atoms with Crippen LogP contribution in [0.15, 0.2) is 33.7 Å². The quantitative estimate of drug-likeness (QED) is 0.671. The van der Waals surface area contributed by atoms with Crippen molar-refractivity contribution in [1.29, 1.82) is 0 Å². The van der Waals surface area contributed by atoms with Crippen molar-refractivity contribution in [2.75, 3.05) is 7.11 Å². The van der Waals surface area contributed by atoms with Crippen LogP contribution >= 0.6 is 0 Å². The van der Waals surface area contributed by atoms with E-state index in [0.717, 1.165) is 10.9 Å². The van der Waals surface area contributed by atoms with Crippen LogP contribution in [0.5, 0.6) is 5.75 Å². The van der Waals surface area contributed by atoms with Gasteiger partial charge >= 0.3 is 5.63 Å². The predicted octanol–water partition coefficient (Wildman–Crippen LogP) is 1.68. The summed E-state index contributed by atoms with van der Waals surface area (Å²) < 4.78 is 9.86. The largest absolute Gasteiger partial charge is 0.497 e. The third-order valence-electron chi connectivity index (χ3n) is 2.54. The Labute approximate surface area is 89.6 Å². The van der Waals surface area contributed by atoms with E-state index in [1.165, 1.54) is 6.20 Å². The summed E-state index contributed by atoms with van der Waals surface area (Å²) >= 11 is 0. The predicted molar refractivity (Wildman–Crippen MR) is 58.7 cm³/mol. The summed E-state index contributed by atoms with van der Waals surface area (Å²) in [4.78, 5) is 15.5. The van der Waals surface area contributed by atoms with E-state index in [1.54, 1.807) is 7.11 Å². The second kappa shape index (κ2) is 3.10. The molecule has 0 fully saturated rings. The number of nitrogens with zero attached hydrogens (tertiary/aromatic N) is 1. The fraction of sp³-hybridized carbons (Fsp3) is 0.0909. The van der Waals surface area contributed by atoms with Gasteiger partial charge in [0.25, 0.3) is 0 Å². The van der Waals surface area contributed by atoms with Gasteiger partial charge in [-0.2, -0.15) is 0 Å². The second-order valence-electron chi connectivity index (χ2n) is 3.42. The molecule has 3 rings (SSSR count). The van der Waals surface area contributed by atoms with Crippen molar-refractivity contribution in [3.63, 3.8) is 0 Å². The minimum Gasteiger partial charge on any atom is -0.497 e. The fourth-order valence-corrected chi connectivity index (χ4v) is 1.72. The Morgan fingerprint density at radius 1 is 1.38 bits per heavy atom. The van der Waals surface area contributed by atoms with Crippen LogP contribution in [0.2, 0.25) is 0 Å². The van der Waals surface area contributed by atoms with Crippen LogP contribution in [0, 0.1) is 0 Å². The molecule has 0 saturated heterocycles. The number of rotatable bonds is 1. The van der Waals surface area contributed by atoms with Gasteiger partial charge in [0.15, 0.2) is 0 Å². The number of ether oxygens (including phenoxy) is 1. The Kier molecular flexibility index (Phi) is 1.73. The molecule has 5 heteroatoms. The SMILES string of the molecule is COc1ccc2ncc3c(=O)o[nH]c3c2c1. The number of fused-ring (bicyclic) bond motifs is 3. The maximum atomic E-state index is 11.3. The van der Waals surface area contributed by atoms with Crippen molar-refractivity contribution in [3.05, 3.63) is 34.8 Å². The number of hydrogen-bond donors (Lipinski definition) is 1. The number of pyridine rings is 1. The number of aromatic amines is 1. The Hall–Kier alpha value is -2.30. The molecule has 0 saturated carbocycles. The zero-order valence-electron chi connectivity index (χ0n) is 8.48. The van der Waals surface area contributed by atoms with Gasteiger partial charge in [-0.05, 0) is 18.2 Å². The first-order chi connectivity index (χ1) is 7.79. The lowest BCUT2D eigenvalue weighted by atomic mass is 10.1. The van der Waals surface area contributed by atoms with Crippen molar-refractivity contribution in [2.24, 2.45) is 0 Å². The standard InChI is InChI=1S/C11H8N2O3/c1-15-6-2-3-9-7(4-6)10-8(5-12-9)11(14)16-13-10/h2-5,13H,1H3. The van der Waals surface area contributed by atoms with Gasteiger partial charge < -0.3 is 9.26 Å². The van der Waals surface area contributed by atoms with Gasteiger partial charge in [-0.25, -0.2) is 9.95 Å². The van der Waals surface area contributed by atoms with Crippen LogP contribution in [0.3, 0.4) is 0 Å². The molecule has 2 heterocycles. The Balaban J connectivity index is 2.52. The average molecular weight is 216 g/mol. The molecule has 0 atom stereocenters. The molecule has 2 aromatic heterocycles. The lowest BCUT2D eigenvalue weighted by Gasteiger charge is -2.01. The van der Waals surface area contributed by atoms with Gasteiger partial charge in [0.1, 0.15) is 11.1 Å². The van der Waals surface area contributed by atoms with Crippen LogP contribution < -0.4 is 10.4 Å². The lowest BCUT2D eigenvalue weighted by molar-refractivity contribution is 0.400. The molecule has 0 amide bonds. The van der Waals surface area contributed by atoms with E-state index in [1.807, 2.05) is 18.2 Å². The van der Waals surface area contributed by atoms with E-state index in [2.05, 4.69) is 10.1 Å². The number of H-pyrrole nitrogens is 1. The molecule has 0 aliphatic heterocycles. The van der Waals surface area contributed by atoms with Gasteiger partial charge in [0, 0.05) is 11.6 Å². The molecule has 0 unspecified atom stereocenters. The van der Waals surface area contributed by atoms with E-state index in [4.69, 9.17) is 9.26 Å². The summed E-state index contributed by atoms with van der Waals surface area (Å²) in [5.74, 6) is 0.712. The van der Waals surface area contributed by atoms with Gasteiger partial charge in [0.2, 0.25) is 0 Å². The number of aromatic nitrogens is 2. The maximum absolute atomic E-state index is 11.3. The van der Waals surface area contributed by atoms with Crippen LogP contribution in [0.4, 0.5) is 0 Å². The molecule has 0 aliphatic rings. The Bertz CT molecular complexity index is 727. The van der Waals surface area contributed by atoms with Gasteiger partial charge in [-0.3, -0.25) is 4.98 Å². The van der Waals surface area contributed by atoms with Crippen LogP contribution in [-0.2, 0) is 0 Å². The topological polar surface area (TPSA) is 68.1 Å². The molecule has 0 aliphatic carbocycles. The molecule has 0 bridgehead atoms. The Morgan fingerprint density at radius 2 is 2.25 bits per heavy atom. The van der Waals surface area contributed by atoms with Crippen LogP contribution in [0.25, 0.3) is 21.8 Å². The zero-order valence-corrected chi connectivity index (χ0v) is 8.48. The highest BCUT2D eigenvalue weighted by atomic mass is 16.5. The summed E-state index contributed by atoms with van der Waals surface area (Å²) in [5.41, 5.74) is 1.02. The zero-order chi connectivity index (χ0) is 11.1. The fourth-order valence-electron chi connectivity index (χ4n) is 1.72. The molecular formula is C11H8N2O3. The molecule has 1 aromatic carbocycles. The van der Waals surface area contributed by atoms with Gasteiger partial charge in [0.05, 0.1) is 18.1 Å². The lowest BCUT2D eigenvalue weighted by Crippen LogP contribution is -1.92. The summed E-state index contributed by atoms with van der Waals surface area (Å²) in [5, 5.41) is 3.85. The van der Waals surface area contributed by atoms with E-state index >= 15 is 0 Å². The first-order valence-electron chi connectivity index (χ1n) is 4.73. The highest BCUT2D eigenvalue weighted by Gasteiger charge is 2.08. The first kappa shape index (κ1) is 8.96. The minimum absolute atomic E-state index is 0.410. The van der Waals surface area contributed by atoms with Gasteiger partial charge in [-0.15, -0.1) is 0 Å². The third-order valence-corrected chi connectivity index (χ3v) is 2.54. The molecule has 3 aromatic rings. The molecule has 80 valence electrons. The number of hydrogen-bond acceptors (Lipinski definition) is 4. The summed E-state index contributed by atoms with van der Waals surface area (Å²) in [6, 6.07) is 5.47. The monoisotopic (exact) mass is 216 g/mol. The third kappa shape index (κ3) is 1.11. The van der Waals surface area contributed by atoms with E-state index < -0.39 is 5.63 Å². The highest BCUT2D eigenvalue weighted by Crippen LogP contribution is 2.24. The second-order valence-corrected chi connectivity index (χ2v) is 3.42. The minimum atomic E-state index is -0.410. The van der Waals surface area contributed by atoms with E-state index in [0.29, 0.717) is 16.7 Å². The number of nitrogens with one attached hydrogen (secondary N) is 1. The van der Waals surface area contributed by atoms with E-state index in [-0.39, 0.29) is 0 Å². The summed E-state index contributed by atoms with van der Waals surface area (Å²) in [7, 11) is 1.59. The van der Waals surface area contributed by atoms with E-state index in [9.17, 15) is 4.79 Å². The van der Waals surface area contributed by atoms with Crippen LogP contribution in [-0.4, -0.2) is 17.3 Å². The maximum Gasteiger partial charge on any atom is 0.366 e. The molecule has 5 nitrogen and oxygen atoms in total. The van der Waals surface area contributed by atoms with Gasteiger partial charge in [-0.1, -0.05) is 0 Å². The average Bonchev–Trinajstić information content (AvgIpc) is 2.71. The highest BCUT2D eigenvalue weighted by molar-refractivity contribution is 6.02. The normalized spacial score (nSPS) is 11.1. The van der Waals surface area contributed by atoms with Crippen molar-refractivity contribution >= 4 is 21.8 Å². The molecule has 0 radical (unpaired) electrons. The van der Waals surface area contributed by atoms with Crippen molar-refractivity contribution < 1.29 is 9.26 Å². The van der Waals surface area contributed by atoms with Crippen molar-refractivity contribution in [1.82, 2.24) is 10.1 Å². The Morgan fingerprint density at radius 3 is 3.06 bits per heavy atom. The van der Waals surface area contributed by atoms with Crippen LogP contribution in [0.1, 0.15) is 0 Å². The molecule has 16 heavy (non-hydrogen) atoms. The first-order valence-corrected chi connectivity index (χ1v) is 4.73. The van der Waals surface area contributed by atoms with Crippen molar-refractivity contribution in [2.45, 2.75) is 0 Å². The number of benzene rings is 1. The number of methoxy groups -OCH3 is 1.